The number of rotatable bonds is 16. The summed E-state index contributed by atoms with van der Waals surface area (Å²) in [5.74, 6) is 0. The Kier molecular flexibility index (Phi) is 11.2. The Balaban J connectivity index is 1.83. The zero-order valence-electron chi connectivity index (χ0n) is 16.5. The van der Waals surface area contributed by atoms with Gasteiger partial charge in [0.1, 0.15) is 5.60 Å². The van der Waals surface area contributed by atoms with Gasteiger partial charge in [0.05, 0.1) is 6.61 Å². The summed E-state index contributed by atoms with van der Waals surface area (Å²) < 4.78 is 5.64. The molecule has 0 bridgehead atoms. The number of ether oxygens (including phenoxy) is 1. The van der Waals surface area contributed by atoms with E-state index in [-0.39, 0.29) is 5.60 Å². The highest BCUT2D eigenvalue weighted by Gasteiger charge is 2.47. The minimum atomic E-state index is 0.153. The molecule has 138 valence electrons. The largest absolute Gasteiger partial charge is 0.368 e. The summed E-state index contributed by atoms with van der Waals surface area (Å²) in [4.78, 5) is 2.35. The number of likely N-dealkylation sites (N-methyl/N-ethyl adjacent to an activating group) is 1. The fourth-order valence-electron chi connectivity index (χ4n) is 3.77. The van der Waals surface area contributed by atoms with E-state index in [9.17, 15) is 0 Å². The minimum Gasteiger partial charge on any atom is -0.368 e. The van der Waals surface area contributed by atoms with Crippen molar-refractivity contribution in [3.05, 3.63) is 0 Å². The van der Waals surface area contributed by atoms with Gasteiger partial charge in [-0.3, -0.25) is 0 Å². The van der Waals surface area contributed by atoms with Gasteiger partial charge in [-0.15, -0.1) is 0 Å². The molecule has 1 aliphatic heterocycles. The van der Waals surface area contributed by atoms with E-state index < -0.39 is 0 Å². The SMILES string of the molecule is CCCCCCCCCCCCCCCC(N(C)C)C1(C)CO1. The lowest BCUT2D eigenvalue weighted by Gasteiger charge is -2.27. The van der Waals surface area contributed by atoms with Crippen LogP contribution in [-0.2, 0) is 4.74 Å². The van der Waals surface area contributed by atoms with Crippen molar-refractivity contribution in [2.75, 3.05) is 20.7 Å². The summed E-state index contributed by atoms with van der Waals surface area (Å²) in [6.45, 7) is 5.51. The molecule has 0 aliphatic carbocycles. The first-order valence-corrected chi connectivity index (χ1v) is 10.4. The van der Waals surface area contributed by atoms with Gasteiger partial charge in [-0.1, -0.05) is 90.4 Å². The molecule has 2 unspecified atom stereocenters. The second-order valence-corrected chi connectivity index (χ2v) is 8.11. The van der Waals surface area contributed by atoms with E-state index in [2.05, 4.69) is 32.8 Å². The van der Waals surface area contributed by atoms with Crippen LogP contribution in [-0.4, -0.2) is 37.2 Å². The van der Waals surface area contributed by atoms with Gasteiger partial charge in [0, 0.05) is 6.04 Å². The van der Waals surface area contributed by atoms with Gasteiger partial charge in [-0.2, -0.15) is 0 Å². The van der Waals surface area contributed by atoms with E-state index in [1.54, 1.807) is 0 Å². The lowest BCUT2D eigenvalue weighted by Crippen LogP contribution is -2.39. The maximum Gasteiger partial charge on any atom is 0.104 e. The molecule has 0 N–H and O–H groups in total. The summed E-state index contributed by atoms with van der Waals surface area (Å²) in [5.41, 5.74) is 0.153. The Morgan fingerprint density at radius 3 is 1.52 bits per heavy atom. The number of epoxide rings is 1. The molecule has 0 radical (unpaired) electrons. The van der Waals surface area contributed by atoms with Crippen LogP contribution < -0.4 is 0 Å². The van der Waals surface area contributed by atoms with Gasteiger partial charge >= 0.3 is 0 Å². The van der Waals surface area contributed by atoms with E-state index in [1.165, 1.54) is 89.9 Å². The molecular weight excluding hydrogens is 282 g/mol. The average molecular weight is 326 g/mol. The highest BCUT2D eigenvalue weighted by molar-refractivity contribution is 4.98. The number of nitrogens with zero attached hydrogens (tertiary/aromatic N) is 1. The fourth-order valence-corrected chi connectivity index (χ4v) is 3.77. The summed E-state index contributed by atoms with van der Waals surface area (Å²) in [6.07, 6.45) is 19.9. The van der Waals surface area contributed by atoms with Crippen molar-refractivity contribution in [3.63, 3.8) is 0 Å². The second kappa shape index (κ2) is 12.3. The zero-order chi connectivity index (χ0) is 17.0. The molecule has 0 spiro atoms. The molecule has 1 aliphatic rings. The third-order valence-corrected chi connectivity index (χ3v) is 5.51. The average Bonchev–Trinajstić information content (AvgIpc) is 3.25. The Hall–Kier alpha value is -0.0800. The van der Waals surface area contributed by atoms with Crippen molar-refractivity contribution in [2.24, 2.45) is 0 Å². The first-order valence-electron chi connectivity index (χ1n) is 10.4. The van der Waals surface area contributed by atoms with Gasteiger partial charge in [-0.05, 0) is 27.4 Å². The summed E-state index contributed by atoms with van der Waals surface area (Å²) in [5, 5.41) is 0. The van der Waals surface area contributed by atoms with Crippen LogP contribution in [0.1, 0.15) is 104 Å². The summed E-state index contributed by atoms with van der Waals surface area (Å²) >= 11 is 0. The van der Waals surface area contributed by atoms with Crippen molar-refractivity contribution >= 4 is 0 Å². The van der Waals surface area contributed by atoms with Crippen LogP contribution in [0.5, 0.6) is 0 Å². The maximum atomic E-state index is 5.64. The van der Waals surface area contributed by atoms with Crippen LogP contribution in [0.4, 0.5) is 0 Å². The molecule has 1 fully saturated rings. The van der Waals surface area contributed by atoms with Crippen molar-refractivity contribution in [3.8, 4) is 0 Å². The summed E-state index contributed by atoms with van der Waals surface area (Å²) in [7, 11) is 4.39. The van der Waals surface area contributed by atoms with Crippen molar-refractivity contribution in [2.45, 2.75) is 115 Å². The third kappa shape index (κ3) is 9.72. The van der Waals surface area contributed by atoms with Crippen LogP contribution in [0.2, 0.25) is 0 Å². The zero-order valence-corrected chi connectivity index (χ0v) is 16.5. The van der Waals surface area contributed by atoms with Crippen LogP contribution in [0, 0.1) is 0 Å². The summed E-state index contributed by atoms with van der Waals surface area (Å²) in [6, 6.07) is 0.607. The van der Waals surface area contributed by atoms with Crippen molar-refractivity contribution in [1.29, 1.82) is 0 Å². The molecule has 0 aromatic carbocycles. The van der Waals surface area contributed by atoms with E-state index in [1.807, 2.05) is 0 Å². The molecule has 0 aromatic rings. The molecule has 1 saturated heterocycles. The Labute approximate surface area is 146 Å². The first-order chi connectivity index (χ1) is 11.1. The van der Waals surface area contributed by atoms with Gasteiger partial charge in [0.2, 0.25) is 0 Å². The lowest BCUT2D eigenvalue weighted by atomic mass is 9.95. The van der Waals surface area contributed by atoms with Gasteiger partial charge in [-0.25, -0.2) is 0 Å². The molecule has 0 amide bonds. The molecule has 2 heteroatoms. The van der Waals surface area contributed by atoms with Gasteiger partial charge < -0.3 is 9.64 Å². The van der Waals surface area contributed by atoms with Crippen molar-refractivity contribution < 1.29 is 4.74 Å². The smallest absolute Gasteiger partial charge is 0.104 e. The Morgan fingerprint density at radius 2 is 1.17 bits per heavy atom. The molecular formula is C21H43NO. The Bertz CT molecular complexity index is 273. The third-order valence-electron chi connectivity index (χ3n) is 5.51. The van der Waals surface area contributed by atoms with Crippen LogP contribution in [0.25, 0.3) is 0 Å². The molecule has 0 aromatic heterocycles. The number of unbranched alkanes of at least 4 members (excludes halogenated alkanes) is 12. The topological polar surface area (TPSA) is 15.8 Å². The normalized spacial score (nSPS) is 21.8. The fraction of sp³-hybridized carbons (Fsp3) is 1.00. The van der Waals surface area contributed by atoms with Crippen LogP contribution in [0.15, 0.2) is 0 Å². The first kappa shape index (κ1) is 21.0. The number of hydrogen-bond acceptors (Lipinski definition) is 2. The van der Waals surface area contributed by atoms with E-state index in [4.69, 9.17) is 4.74 Å². The minimum absolute atomic E-state index is 0.153. The molecule has 2 nitrogen and oxygen atoms in total. The quantitative estimate of drug-likeness (QED) is 0.248. The predicted octanol–water partition coefficient (Wildman–Crippen LogP) is 6.19. The monoisotopic (exact) mass is 325 g/mol. The second-order valence-electron chi connectivity index (χ2n) is 8.11. The van der Waals surface area contributed by atoms with E-state index >= 15 is 0 Å². The van der Waals surface area contributed by atoms with E-state index in [0.717, 1.165) is 6.61 Å². The molecule has 0 saturated carbocycles. The van der Waals surface area contributed by atoms with Gasteiger partial charge in [0.25, 0.3) is 0 Å². The molecule has 1 heterocycles. The van der Waals surface area contributed by atoms with Gasteiger partial charge in [0.15, 0.2) is 0 Å². The highest BCUT2D eigenvalue weighted by Crippen LogP contribution is 2.35. The van der Waals surface area contributed by atoms with Crippen LogP contribution >= 0.6 is 0 Å². The lowest BCUT2D eigenvalue weighted by molar-refractivity contribution is 0.154. The number of hydrogen-bond donors (Lipinski definition) is 0. The molecule has 2 atom stereocenters. The highest BCUT2D eigenvalue weighted by atomic mass is 16.6. The Morgan fingerprint density at radius 1 is 0.783 bits per heavy atom. The predicted molar refractivity (Wildman–Crippen MR) is 102 cm³/mol. The van der Waals surface area contributed by atoms with Crippen molar-refractivity contribution in [1.82, 2.24) is 4.90 Å². The van der Waals surface area contributed by atoms with Crippen LogP contribution in [0.3, 0.4) is 0 Å². The maximum absolute atomic E-state index is 5.64. The van der Waals surface area contributed by atoms with E-state index in [0.29, 0.717) is 6.04 Å². The molecule has 23 heavy (non-hydrogen) atoms. The standard InChI is InChI=1S/C21H43NO/c1-5-6-7-8-9-10-11-12-13-14-15-16-17-18-20(22(3)4)21(2)19-23-21/h20H,5-19H2,1-4H3. The molecule has 1 rings (SSSR count).